The van der Waals surface area contributed by atoms with Crippen LogP contribution < -0.4 is 0 Å². The maximum atomic E-state index is 12.3. The number of allylic oxidation sites excluding steroid dienone is 4. The van der Waals surface area contributed by atoms with Crippen molar-refractivity contribution in [1.82, 2.24) is 0 Å². The first-order valence-corrected chi connectivity index (χ1v) is 17.3. The Morgan fingerprint density at radius 3 is 1.86 bits per heavy atom. The Hall–Kier alpha value is -1.55. The summed E-state index contributed by atoms with van der Waals surface area (Å²) in [6.07, 6.45) is 24.1. The van der Waals surface area contributed by atoms with Gasteiger partial charge in [-0.25, -0.2) is 4.57 Å². The van der Waals surface area contributed by atoms with Gasteiger partial charge >= 0.3 is 19.8 Å². The van der Waals surface area contributed by atoms with Gasteiger partial charge in [0.2, 0.25) is 0 Å². The van der Waals surface area contributed by atoms with Crippen LogP contribution in [0.4, 0.5) is 0 Å². The molecule has 0 aromatic heterocycles. The topological polar surface area (TPSA) is 149 Å². The fourth-order valence-corrected chi connectivity index (χ4v) is 4.67. The number of hydrogen-bond donors (Lipinski definition) is 3. The first-order chi connectivity index (χ1) is 20.2. The van der Waals surface area contributed by atoms with Crippen LogP contribution in [0.3, 0.4) is 0 Å². The maximum Gasteiger partial charge on any atom is 0.472 e. The number of carbonyl (C=O) groups is 2. The number of unbranched alkanes of at least 4 members (excludes halogenated alkanes) is 12. The van der Waals surface area contributed by atoms with Crippen LogP contribution >= 0.6 is 7.82 Å². The zero-order valence-electron chi connectivity index (χ0n) is 26.0. The minimum Gasteiger partial charge on any atom is -0.462 e. The summed E-state index contributed by atoms with van der Waals surface area (Å²) in [6.45, 7) is 1.70. The second-order valence-corrected chi connectivity index (χ2v) is 11.9. The molecule has 0 aliphatic carbocycles. The van der Waals surface area contributed by atoms with Crippen molar-refractivity contribution in [2.45, 2.75) is 135 Å². The van der Waals surface area contributed by atoms with Crippen LogP contribution in [0.15, 0.2) is 24.3 Å². The number of aliphatic hydroxyl groups is 2. The fourth-order valence-electron chi connectivity index (χ4n) is 3.88. The lowest BCUT2D eigenvalue weighted by atomic mass is 10.1. The number of esters is 2. The minimum absolute atomic E-state index is 0.122. The van der Waals surface area contributed by atoms with Crippen molar-refractivity contribution in [2.24, 2.45) is 0 Å². The second-order valence-electron chi connectivity index (χ2n) is 10.4. The van der Waals surface area contributed by atoms with E-state index in [1.807, 2.05) is 0 Å². The van der Waals surface area contributed by atoms with E-state index < -0.39 is 51.8 Å². The highest BCUT2D eigenvalue weighted by Gasteiger charge is 2.27. The molecule has 0 radical (unpaired) electrons. The number of aliphatic hydroxyl groups excluding tert-OH is 2. The van der Waals surface area contributed by atoms with Crippen LogP contribution in [0.2, 0.25) is 0 Å². The molecule has 0 aromatic carbocycles. The van der Waals surface area contributed by atoms with Gasteiger partial charge in [0.1, 0.15) is 12.7 Å². The molecule has 0 saturated carbocycles. The molecule has 0 rings (SSSR count). The molecule has 0 aromatic rings. The van der Waals surface area contributed by atoms with Crippen LogP contribution in [-0.4, -0.2) is 65.7 Å². The van der Waals surface area contributed by atoms with E-state index in [1.54, 1.807) is 6.92 Å². The number of carbonyl (C=O) groups excluding carboxylic acids is 2. The summed E-state index contributed by atoms with van der Waals surface area (Å²) < 4.78 is 31.6. The van der Waals surface area contributed by atoms with E-state index in [0.29, 0.717) is 6.42 Å². The van der Waals surface area contributed by atoms with Crippen LogP contribution in [0.5, 0.6) is 0 Å². The van der Waals surface area contributed by atoms with Gasteiger partial charge in [-0.1, -0.05) is 95.9 Å². The number of phosphoric acid groups is 1. The van der Waals surface area contributed by atoms with Gasteiger partial charge in [0, 0.05) is 12.8 Å². The van der Waals surface area contributed by atoms with Gasteiger partial charge in [-0.15, -0.1) is 0 Å². The Bertz CT molecular complexity index is 771. The van der Waals surface area contributed by atoms with Crippen molar-refractivity contribution in [1.29, 1.82) is 0 Å². The normalized spacial score (nSPS) is 14.7. The molecular formula is C31H57O10P. The molecule has 3 unspecified atom stereocenters. The van der Waals surface area contributed by atoms with Crippen LogP contribution in [0.25, 0.3) is 0 Å². The predicted octanol–water partition coefficient (Wildman–Crippen LogP) is 6.71. The van der Waals surface area contributed by atoms with Gasteiger partial charge in [-0.3, -0.25) is 18.6 Å². The summed E-state index contributed by atoms with van der Waals surface area (Å²) >= 11 is 0. The maximum absolute atomic E-state index is 12.3. The van der Waals surface area contributed by atoms with E-state index in [2.05, 4.69) is 35.8 Å². The summed E-state index contributed by atoms with van der Waals surface area (Å²) in [7, 11) is -4.58. The van der Waals surface area contributed by atoms with E-state index in [-0.39, 0.29) is 19.4 Å². The van der Waals surface area contributed by atoms with Crippen molar-refractivity contribution >= 4 is 19.8 Å². The third kappa shape index (κ3) is 27.3. The standard InChI is InChI=1S/C31H57O10P/c1-3-5-6-7-8-9-10-11-12-13-14-15-16-17-18-19-20-21-22-23-31(35)41-29(26-38-30(34)4-2)27-40-42(36,37)39-25-28(33)24-32/h8-9,11-12,28-29,32-33H,3-7,10,13-27H2,1-2H3,(H,36,37)/b9-8-,12-11-. The fraction of sp³-hybridized carbons (Fsp3) is 0.806. The monoisotopic (exact) mass is 620 g/mol. The lowest BCUT2D eigenvalue weighted by molar-refractivity contribution is -0.161. The average Bonchev–Trinajstić information content (AvgIpc) is 2.98. The highest BCUT2D eigenvalue weighted by Crippen LogP contribution is 2.43. The molecule has 0 fully saturated rings. The number of ether oxygens (including phenoxy) is 2. The third-order valence-electron chi connectivity index (χ3n) is 6.41. The Balaban J connectivity index is 3.97. The Labute approximate surface area is 253 Å². The van der Waals surface area contributed by atoms with Gasteiger partial charge < -0.3 is 24.6 Å². The van der Waals surface area contributed by atoms with Crippen molar-refractivity contribution < 1.29 is 47.8 Å². The molecule has 0 aliphatic heterocycles. The third-order valence-corrected chi connectivity index (χ3v) is 7.36. The van der Waals surface area contributed by atoms with Crippen molar-refractivity contribution in [3.63, 3.8) is 0 Å². The van der Waals surface area contributed by atoms with E-state index >= 15 is 0 Å². The van der Waals surface area contributed by atoms with Gasteiger partial charge in [-0.2, -0.15) is 0 Å². The van der Waals surface area contributed by atoms with Gasteiger partial charge in [0.25, 0.3) is 0 Å². The molecule has 0 spiro atoms. The van der Waals surface area contributed by atoms with Gasteiger partial charge in [0.05, 0.1) is 19.8 Å². The molecule has 0 amide bonds. The average molecular weight is 621 g/mol. The van der Waals surface area contributed by atoms with Crippen LogP contribution in [0, 0.1) is 0 Å². The smallest absolute Gasteiger partial charge is 0.462 e. The van der Waals surface area contributed by atoms with Crippen molar-refractivity contribution in [2.75, 3.05) is 26.4 Å². The van der Waals surface area contributed by atoms with Gasteiger partial charge in [-0.05, 0) is 38.5 Å². The highest BCUT2D eigenvalue weighted by atomic mass is 31.2. The molecule has 0 saturated heterocycles. The first kappa shape index (κ1) is 40.5. The molecule has 11 heteroatoms. The van der Waals surface area contributed by atoms with Crippen molar-refractivity contribution in [3.05, 3.63) is 24.3 Å². The summed E-state index contributed by atoms with van der Waals surface area (Å²) in [4.78, 5) is 33.5. The number of rotatable bonds is 29. The second kappa shape index (κ2) is 28.2. The van der Waals surface area contributed by atoms with Crippen LogP contribution in [-0.2, 0) is 32.7 Å². The number of hydrogen-bond acceptors (Lipinski definition) is 9. The first-order valence-electron chi connectivity index (χ1n) is 15.8. The highest BCUT2D eigenvalue weighted by molar-refractivity contribution is 7.47. The molecular weight excluding hydrogens is 563 g/mol. The van der Waals surface area contributed by atoms with Gasteiger partial charge in [0.15, 0.2) is 6.10 Å². The quantitative estimate of drug-likeness (QED) is 0.0356. The summed E-state index contributed by atoms with van der Waals surface area (Å²) in [5, 5.41) is 18.0. The largest absolute Gasteiger partial charge is 0.472 e. The molecule has 3 atom stereocenters. The lowest BCUT2D eigenvalue weighted by Gasteiger charge is -2.20. The van der Waals surface area contributed by atoms with Crippen molar-refractivity contribution in [3.8, 4) is 0 Å². The van der Waals surface area contributed by atoms with E-state index in [9.17, 15) is 24.2 Å². The Morgan fingerprint density at radius 1 is 0.738 bits per heavy atom. The Kier molecular flexibility index (Phi) is 27.2. The lowest BCUT2D eigenvalue weighted by Crippen LogP contribution is -2.29. The molecule has 0 heterocycles. The molecule has 3 N–H and O–H groups in total. The predicted molar refractivity (Wildman–Crippen MR) is 164 cm³/mol. The zero-order valence-corrected chi connectivity index (χ0v) is 26.9. The summed E-state index contributed by atoms with van der Waals surface area (Å²) in [6, 6.07) is 0. The minimum atomic E-state index is -4.58. The molecule has 0 aliphatic rings. The number of phosphoric ester groups is 1. The Morgan fingerprint density at radius 2 is 1.29 bits per heavy atom. The molecule has 246 valence electrons. The van der Waals surface area contributed by atoms with E-state index in [0.717, 1.165) is 32.1 Å². The van der Waals surface area contributed by atoms with E-state index in [4.69, 9.17) is 19.1 Å². The molecule has 0 bridgehead atoms. The molecule has 10 nitrogen and oxygen atoms in total. The van der Waals surface area contributed by atoms with E-state index in [1.165, 1.54) is 57.8 Å². The summed E-state index contributed by atoms with van der Waals surface area (Å²) in [5.41, 5.74) is 0. The molecule has 42 heavy (non-hydrogen) atoms. The zero-order chi connectivity index (χ0) is 31.3. The van der Waals surface area contributed by atoms with Crippen LogP contribution in [0.1, 0.15) is 123 Å². The summed E-state index contributed by atoms with van der Waals surface area (Å²) in [5.74, 6) is -1.03. The SMILES string of the molecule is CCCCC/C=C\C/C=C\CCCCCCCCCCCC(=O)OC(COC(=O)CC)COP(=O)(O)OCC(O)CO.